The Kier molecular flexibility index (Phi) is 6.76. The summed E-state index contributed by atoms with van der Waals surface area (Å²) in [5.41, 5.74) is 4.44. The van der Waals surface area contributed by atoms with E-state index in [1.54, 1.807) is 16.1 Å². The van der Waals surface area contributed by atoms with E-state index in [-0.39, 0.29) is 18.4 Å². The van der Waals surface area contributed by atoms with Crippen molar-refractivity contribution in [2.45, 2.75) is 39.2 Å². The molecule has 6 nitrogen and oxygen atoms in total. The number of unbranched alkanes of at least 4 members (excludes halogenated alkanes) is 1. The number of benzene rings is 2. The number of rotatable bonds is 8. The molecule has 0 spiro atoms. The molecule has 0 bridgehead atoms. The first kappa shape index (κ1) is 23.7. The molecule has 0 saturated heterocycles. The van der Waals surface area contributed by atoms with Gasteiger partial charge in [0.1, 0.15) is 18.3 Å². The van der Waals surface area contributed by atoms with Crippen LogP contribution in [0.3, 0.4) is 0 Å². The van der Waals surface area contributed by atoms with Crippen LogP contribution in [-0.2, 0) is 11.2 Å². The summed E-state index contributed by atoms with van der Waals surface area (Å²) >= 11 is 0. The van der Waals surface area contributed by atoms with Gasteiger partial charge in [-0.1, -0.05) is 44.5 Å². The van der Waals surface area contributed by atoms with Crippen molar-refractivity contribution in [3.63, 3.8) is 0 Å². The minimum Gasteiger partial charge on any atom is -0.467 e. The highest BCUT2D eigenvalue weighted by molar-refractivity contribution is 6.02. The number of carbonyl (C=O) groups excluding carboxylic acids is 2. The molecule has 5 rings (SSSR count). The van der Waals surface area contributed by atoms with Crippen LogP contribution in [0, 0.1) is 0 Å². The largest absolute Gasteiger partial charge is 0.467 e. The van der Waals surface area contributed by atoms with Gasteiger partial charge < -0.3 is 13.9 Å². The van der Waals surface area contributed by atoms with Gasteiger partial charge in [-0.3, -0.25) is 14.5 Å². The van der Waals surface area contributed by atoms with Gasteiger partial charge in [0, 0.05) is 18.3 Å². The van der Waals surface area contributed by atoms with E-state index >= 15 is 0 Å². The second-order valence-corrected chi connectivity index (χ2v) is 9.10. The van der Waals surface area contributed by atoms with Gasteiger partial charge in [0.15, 0.2) is 0 Å². The molecule has 184 valence electrons. The molecule has 2 aromatic heterocycles. The van der Waals surface area contributed by atoms with Crippen molar-refractivity contribution < 1.29 is 14.0 Å². The Labute approximate surface area is 211 Å². The minimum atomic E-state index is -0.427. The molecule has 1 aliphatic heterocycles. The van der Waals surface area contributed by atoms with E-state index in [0.717, 1.165) is 36.3 Å². The van der Waals surface area contributed by atoms with Crippen molar-refractivity contribution in [1.82, 2.24) is 9.47 Å². The smallest absolute Gasteiger partial charge is 0.254 e. The first-order valence-corrected chi connectivity index (χ1v) is 12.6. The normalized spacial score (nSPS) is 14.3. The van der Waals surface area contributed by atoms with Crippen LogP contribution in [0.5, 0.6) is 0 Å². The van der Waals surface area contributed by atoms with Gasteiger partial charge >= 0.3 is 0 Å². The Morgan fingerprint density at radius 3 is 2.39 bits per heavy atom. The maximum absolute atomic E-state index is 14.1. The van der Waals surface area contributed by atoms with Crippen LogP contribution < -0.4 is 4.90 Å². The molecule has 1 aliphatic rings. The third-order valence-electron chi connectivity index (χ3n) is 6.80. The monoisotopic (exact) mass is 481 g/mol. The molecule has 1 unspecified atom stereocenters. The predicted octanol–water partition coefficient (Wildman–Crippen LogP) is 6.01. The van der Waals surface area contributed by atoms with Crippen molar-refractivity contribution >= 4 is 17.5 Å². The maximum Gasteiger partial charge on any atom is 0.254 e. The average Bonchev–Trinajstić information content (AvgIpc) is 3.63. The fourth-order valence-electron chi connectivity index (χ4n) is 4.88. The Morgan fingerprint density at radius 2 is 1.69 bits per heavy atom. The number of hydrogen-bond donors (Lipinski definition) is 0. The molecule has 1 atom stereocenters. The zero-order valence-corrected chi connectivity index (χ0v) is 20.8. The molecule has 0 radical (unpaired) electrons. The molecule has 4 aromatic rings. The number of amides is 2. The first-order valence-electron chi connectivity index (χ1n) is 12.6. The Balaban J connectivity index is 1.51. The fraction of sp³-hybridized carbons (Fsp3) is 0.267. The van der Waals surface area contributed by atoms with Gasteiger partial charge in [-0.15, -0.1) is 0 Å². The lowest BCUT2D eigenvalue weighted by Crippen LogP contribution is -2.47. The van der Waals surface area contributed by atoms with E-state index in [1.807, 2.05) is 79.0 Å². The number of hydrogen-bond acceptors (Lipinski definition) is 3. The van der Waals surface area contributed by atoms with Crippen LogP contribution in [0.1, 0.15) is 60.1 Å². The highest BCUT2D eigenvalue weighted by atomic mass is 16.3. The van der Waals surface area contributed by atoms with Gasteiger partial charge in [-0.2, -0.15) is 0 Å². The molecule has 0 N–H and O–H groups in total. The summed E-state index contributed by atoms with van der Waals surface area (Å²) < 4.78 is 7.91. The fourth-order valence-corrected chi connectivity index (χ4v) is 4.88. The Morgan fingerprint density at radius 1 is 0.917 bits per heavy atom. The van der Waals surface area contributed by atoms with E-state index in [4.69, 9.17) is 4.42 Å². The topological polar surface area (TPSA) is 58.7 Å². The van der Waals surface area contributed by atoms with E-state index in [1.165, 1.54) is 5.56 Å². The molecule has 0 aliphatic carbocycles. The summed E-state index contributed by atoms with van der Waals surface area (Å²) in [5.74, 6) is 0.410. The molecule has 36 heavy (non-hydrogen) atoms. The van der Waals surface area contributed by atoms with Gasteiger partial charge in [-0.05, 0) is 66.9 Å². The zero-order valence-electron chi connectivity index (χ0n) is 20.8. The lowest BCUT2D eigenvalue weighted by molar-refractivity contribution is -0.119. The first-order chi connectivity index (χ1) is 17.6. The zero-order chi connectivity index (χ0) is 25.1. The molecular weight excluding hydrogens is 450 g/mol. The highest BCUT2D eigenvalue weighted by Gasteiger charge is 2.38. The van der Waals surface area contributed by atoms with Crippen LogP contribution in [0.2, 0.25) is 0 Å². The molecule has 2 amide bonds. The highest BCUT2D eigenvalue weighted by Crippen LogP contribution is 2.42. The summed E-state index contributed by atoms with van der Waals surface area (Å²) in [4.78, 5) is 31.1. The van der Waals surface area contributed by atoms with Gasteiger partial charge in [-0.25, -0.2) is 0 Å². The third-order valence-corrected chi connectivity index (χ3v) is 6.80. The Hall–Kier alpha value is -4.06. The summed E-state index contributed by atoms with van der Waals surface area (Å²) in [6, 6.07) is 22.8. The number of fused-ring (bicyclic) bond motifs is 3. The van der Waals surface area contributed by atoms with E-state index in [0.29, 0.717) is 17.9 Å². The molecule has 0 saturated carbocycles. The van der Waals surface area contributed by atoms with Crippen molar-refractivity contribution in [3.05, 3.63) is 108 Å². The molecule has 2 aromatic carbocycles. The van der Waals surface area contributed by atoms with Crippen molar-refractivity contribution in [1.29, 1.82) is 0 Å². The lowest BCUT2D eigenvalue weighted by atomic mass is 10.0. The number of aromatic nitrogens is 1. The summed E-state index contributed by atoms with van der Waals surface area (Å²) in [6.07, 6.45) is 6.30. The molecule has 3 heterocycles. The van der Waals surface area contributed by atoms with Gasteiger partial charge in [0.2, 0.25) is 5.91 Å². The van der Waals surface area contributed by atoms with Crippen LogP contribution in [-0.4, -0.2) is 34.4 Å². The average molecular weight is 482 g/mol. The molecule has 6 heteroatoms. The van der Waals surface area contributed by atoms with Crippen LogP contribution in [0.15, 0.2) is 89.7 Å². The second kappa shape index (κ2) is 10.3. The van der Waals surface area contributed by atoms with Crippen molar-refractivity contribution in [2.24, 2.45) is 0 Å². The number of nitrogens with zero attached hydrogens (tertiary/aromatic N) is 3. The van der Waals surface area contributed by atoms with Crippen molar-refractivity contribution in [2.75, 3.05) is 18.0 Å². The quantitative estimate of drug-likeness (QED) is 0.310. The van der Waals surface area contributed by atoms with Crippen LogP contribution in [0.4, 0.5) is 5.69 Å². The van der Waals surface area contributed by atoms with E-state index in [9.17, 15) is 9.59 Å². The standard InChI is InChI=1S/C30H31N3O3/c1-3-5-18-31(30(35)23-16-14-22(4-2)15-17-23)21-28(34)33-25-11-7-6-10-24(25)32-19-8-12-26(32)29(33)27-13-9-20-36-27/h6-17,19-20,29H,3-5,18,21H2,1-2H3. The SMILES string of the molecule is CCCCN(CC(=O)N1c2ccccc2-n2cccc2C1c1ccco1)C(=O)c1ccc(CC)cc1. The maximum atomic E-state index is 14.1. The number of carbonyl (C=O) groups is 2. The number of anilines is 1. The second-order valence-electron chi connectivity index (χ2n) is 9.10. The summed E-state index contributed by atoms with van der Waals surface area (Å²) in [6.45, 7) is 4.68. The number of aryl methyl sites for hydroxylation is 1. The number of furan rings is 1. The molecular formula is C30H31N3O3. The van der Waals surface area contributed by atoms with Crippen LogP contribution in [0.25, 0.3) is 5.69 Å². The lowest BCUT2D eigenvalue weighted by Gasteiger charge is -2.38. The predicted molar refractivity (Wildman–Crippen MR) is 140 cm³/mol. The van der Waals surface area contributed by atoms with Crippen molar-refractivity contribution in [3.8, 4) is 5.69 Å². The minimum absolute atomic E-state index is 0.0133. The molecule has 0 fully saturated rings. The van der Waals surface area contributed by atoms with E-state index in [2.05, 4.69) is 18.4 Å². The summed E-state index contributed by atoms with van der Waals surface area (Å²) in [5, 5.41) is 0. The number of para-hydroxylation sites is 2. The van der Waals surface area contributed by atoms with E-state index < -0.39 is 6.04 Å². The third kappa shape index (κ3) is 4.35. The summed E-state index contributed by atoms with van der Waals surface area (Å²) in [7, 11) is 0. The van der Waals surface area contributed by atoms with Gasteiger partial charge in [0.05, 0.1) is 23.3 Å². The Bertz CT molecular complexity index is 1340. The van der Waals surface area contributed by atoms with Gasteiger partial charge in [0.25, 0.3) is 5.91 Å². The van der Waals surface area contributed by atoms with Crippen LogP contribution >= 0.6 is 0 Å².